The summed E-state index contributed by atoms with van der Waals surface area (Å²) >= 11 is 0. The van der Waals surface area contributed by atoms with Crippen molar-refractivity contribution in [2.75, 3.05) is 18.2 Å². The number of methoxy groups -OCH3 is 1. The Morgan fingerprint density at radius 2 is 1.79 bits per heavy atom. The highest BCUT2D eigenvalue weighted by Crippen LogP contribution is 2.35. The molecule has 0 radical (unpaired) electrons. The second-order valence-corrected chi connectivity index (χ2v) is 7.98. The van der Waals surface area contributed by atoms with E-state index in [-0.39, 0.29) is 18.3 Å². The fourth-order valence-corrected chi connectivity index (χ4v) is 3.31. The molecule has 0 aliphatic rings. The average Bonchev–Trinajstić information content (AvgIpc) is 2.82. The molecule has 0 aliphatic heterocycles. The summed E-state index contributed by atoms with van der Waals surface area (Å²) in [5.74, 6) is 0.668. The molecule has 0 fully saturated rings. The van der Waals surface area contributed by atoms with Gasteiger partial charge in [-0.25, -0.2) is 4.39 Å². The lowest BCUT2D eigenvalue weighted by Gasteiger charge is -2.17. The quantitative estimate of drug-likeness (QED) is 0.228. The highest BCUT2D eigenvalue weighted by molar-refractivity contribution is 6.03. The van der Waals surface area contributed by atoms with Gasteiger partial charge in [0.25, 0.3) is 0 Å². The molecule has 3 aromatic carbocycles. The molecule has 0 aromatic heterocycles. The Morgan fingerprint density at radius 3 is 2.47 bits per heavy atom. The van der Waals surface area contributed by atoms with Crippen molar-refractivity contribution >= 4 is 23.4 Å². The van der Waals surface area contributed by atoms with Crippen LogP contribution in [0.15, 0.2) is 78.4 Å². The molecule has 176 valence electrons. The summed E-state index contributed by atoms with van der Waals surface area (Å²) in [5.41, 5.74) is 10.5. The number of nitrogens with one attached hydrogen (secondary N) is 1. The Labute approximate surface area is 199 Å². The molecule has 34 heavy (non-hydrogen) atoms. The van der Waals surface area contributed by atoms with Gasteiger partial charge in [0.05, 0.1) is 18.5 Å². The van der Waals surface area contributed by atoms with Crippen molar-refractivity contribution in [3.63, 3.8) is 0 Å². The number of anilines is 2. The van der Waals surface area contributed by atoms with Crippen LogP contribution in [0.5, 0.6) is 11.5 Å². The van der Waals surface area contributed by atoms with E-state index in [2.05, 4.69) is 11.4 Å². The molecular formula is C28H29FN2O3. The van der Waals surface area contributed by atoms with E-state index in [1.54, 1.807) is 49.6 Å². The van der Waals surface area contributed by atoms with Gasteiger partial charge in [-0.2, -0.15) is 0 Å². The predicted molar refractivity (Wildman–Crippen MR) is 135 cm³/mol. The van der Waals surface area contributed by atoms with Gasteiger partial charge >= 0.3 is 0 Å². The topological polar surface area (TPSA) is 73.6 Å². The lowest BCUT2D eigenvalue weighted by atomic mass is 10.0. The van der Waals surface area contributed by atoms with Crippen LogP contribution < -0.4 is 20.5 Å². The van der Waals surface area contributed by atoms with Crippen molar-refractivity contribution in [2.24, 2.45) is 0 Å². The molecule has 3 aromatic rings. The summed E-state index contributed by atoms with van der Waals surface area (Å²) in [6.07, 6.45) is 5.81. The Balaban J connectivity index is 1.92. The molecular weight excluding hydrogens is 431 g/mol. The third kappa shape index (κ3) is 6.72. The first-order valence-electron chi connectivity index (χ1n) is 10.9. The number of para-hydroxylation sites is 2. The van der Waals surface area contributed by atoms with E-state index in [0.29, 0.717) is 29.3 Å². The van der Waals surface area contributed by atoms with Crippen LogP contribution >= 0.6 is 0 Å². The molecule has 0 saturated heterocycles. The van der Waals surface area contributed by atoms with Crippen molar-refractivity contribution in [1.29, 1.82) is 0 Å². The molecule has 3 rings (SSSR count). The van der Waals surface area contributed by atoms with Gasteiger partial charge in [-0.3, -0.25) is 4.79 Å². The molecule has 1 amide bonds. The van der Waals surface area contributed by atoms with Gasteiger partial charge in [-0.1, -0.05) is 35.9 Å². The van der Waals surface area contributed by atoms with Crippen LogP contribution in [0.25, 0.3) is 6.08 Å². The second kappa shape index (κ2) is 11.7. The number of nitrogens with two attached hydrogens (primary N) is 1. The maximum atomic E-state index is 13.3. The molecule has 0 spiro atoms. The van der Waals surface area contributed by atoms with Crippen LogP contribution in [0.2, 0.25) is 0 Å². The first-order valence-corrected chi connectivity index (χ1v) is 10.9. The third-order valence-corrected chi connectivity index (χ3v) is 5.11. The number of carbonyl (C=O) groups is 1. The highest BCUT2D eigenvalue weighted by Gasteiger charge is 2.15. The minimum atomic E-state index is -0.316. The van der Waals surface area contributed by atoms with Gasteiger partial charge in [0, 0.05) is 17.2 Å². The number of allylic oxidation sites excluding steroid dienone is 2. The lowest BCUT2D eigenvalue weighted by Crippen LogP contribution is -2.09. The first-order chi connectivity index (χ1) is 16.4. The molecule has 5 nitrogen and oxygen atoms in total. The second-order valence-electron chi connectivity index (χ2n) is 7.98. The Hall–Kier alpha value is -4.06. The van der Waals surface area contributed by atoms with E-state index in [4.69, 9.17) is 15.2 Å². The first kappa shape index (κ1) is 24.6. The summed E-state index contributed by atoms with van der Waals surface area (Å²) < 4.78 is 25.1. The van der Waals surface area contributed by atoms with Crippen LogP contribution in [0.3, 0.4) is 0 Å². The highest BCUT2D eigenvalue weighted by atomic mass is 19.1. The van der Waals surface area contributed by atoms with E-state index in [0.717, 1.165) is 22.3 Å². The van der Waals surface area contributed by atoms with E-state index >= 15 is 0 Å². The smallest absolute Gasteiger partial charge is 0.248 e. The number of nitrogen functional groups attached to an aromatic ring is 1. The summed E-state index contributed by atoms with van der Waals surface area (Å²) in [6.45, 7) is 4.28. The molecule has 0 heterocycles. The van der Waals surface area contributed by atoms with Crippen molar-refractivity contribution in [2.45, 2.75) is 26.9 Å². The molecule has 0 bridgehead atoms. The van der Waals surface area contributed by atoms with Crippen molar-refractivity contribution in [1.82, 2.24) is 0 Å². The molecule has 6 heteroatoms. The number of amides is 1. The van der Waals surface area contributed by atoms with Gasteiger partial charge in [0.15, 0.2) is 0 Å². The van der Waals surface area contributed by atoms with E-state index < -0.39 is 0 Å². The Morgan fingerprint density at radius 1 is 1.06 bits per heavy atom. The van der Waals surface area contributed by atoms with Crippen LogP contribution in [-0.2, 0) is 17.8 Å². The lowest BCUT2D eigenvalue weighted by molar-refractivity contribution is -0.111. The van der Waals surface area contributed by atoms with Crippen LogP contribution in [0.4, 0.5) is 15.8 Å². The van der Waals surface area contributed by atoms with Crippen molar-refractivity contribution in [3.8, 4) is 11.5 Å². The zero-order valence-electron chi connectivity index (χ0n) is 19.6. The number of ether oxygens (including phenoxy) is 2. The largest absolute Gasteiger partial charge is 0.496 e. The van der Waals surface area contributed by atoms with E-state index in [9.17, 15) is 9.18 Å². The number of rotatable bonds is 9. The number of halogens is 1. The monoisotopic (exact) mass is 460 g/mol. The van der Waals surface area contributed by atoms with Gasteiger partial charge in [-0.15, -0.1) is 0 Å². The maximum Gasteiger partial charge on any atom is 0.248 e. The van der Waals surface area contributed by atoms with Gasteiger partial charge in [-0.05, 0) is 68.3 Å². The zero-order chi connectivity index (χ0) is 24.5. The third-order valence-electron chi connectivity index (χ3n) is 5.11. The minimum absolute atomic E-state index is 0.239. The average molecular weight is 461 g/mol. The summed E-state index contributed by atoms with van der Waals surface area (Å²) in [5, 5.41) is 2.78. The summed E-state index contributed by atoms with van der Waals surface area (Å²) in [6, 6.07) is 16.9. The molecule has 3 N–H and O–H groups in total. The standard InChI is InChI=1S/C28H29FN2O3/c1-19(2)8-15-23-26(33-3)16-11-21(28(23)34-18-20-9-13-22(29)14-10-20)12-17-27(32)31-25-7-5-4-6-24(25)30/h4-14,16-17H,15,18,30H2,1-3H3,(H,31,32). The van der Waals surface area contributed by atoms with Crippen LogP contribution in [0, 0.1) is 5.82 Å². The van der Waals surface area contributed by atoms with Gasteiger partial charge in [0.1, 0.15) is 23.9 Å². The fraction of sp³-hybridized carbons (Fsp3) is 0.179. The van der Waals surface area contributed by atoms with Gasteiger partial charge < -0.3 is 20.5 Å². The van der Waals surface area contributed by atoms with Gasteiger partial charge in [0.2, 0.25) is 5.91 Å². The fourth-order valence-electron chi connectivity index (χ4n) is 3.31. The molecule has 0 aliphatic carbocycles. The predicted octanol–water partition coefficient (Wildman–Crippen LogP) is 6.16. The van der Waals surface area contributed by atoms with E-state index in [1.807, 2.05) is 26.0 Å². The SMILES string of the molecule is COc1ccc(C=CC(=O)Nc2ccccc2N)c(OCc2ccc(F)cc2)c1CC=C(C)C. The van der Waals surface area contributed by atoms with Crippen LogP contribution in [0.1, 0.15) is 30.5 Å². The number of benzene rings is 3. The number of hydrogen-bond acceptors (Lipinski definition) is 4. The number of hydrogen-bond donors (Lipinski definition) is 2. The normalized spacial score (nSPS) is 10.7. The molecule has 0 unspecified atom stereocenters. The molecule has 0 atom stereocenters. The summed E-state index contributed by atoms with van der Waals surface area (Å²) in [4.78, 5) is 12.5. The maximum absolute atomic E-state index is 13.3. The number of carbonyl (C=O) groups excluding carboxylic acids is 1. The minimum Gasteiger partial charge on any atom is -0.496 e. The Kier molecular flexibility index (Phi) is 8.46. The summed E-state index contributed by atoms with van der Waals surface area (Å²) in [7, 11) is 1.61. The van der Waals surface area contributed by atoms with Crippen molar-refractivity contribution in [3.05, 3.63) is 101 Å². The van der Waals surface area contributed by atoms with Crippen LogP contribution in [-0.4, -0.2) is 13.0 Å². The Bertz CT molecular complexity index is 1200. The zero-order valence-corrected chi connectivity index (χ0v) is 19.6. The van der Waals surface area contributed by atoms with Crippen molar-refractivity contribution < 1.29 is 18.7 Å². The molecule has 0 saturated carbocycles. The van der Waals surface area contributed by atoms with E-state index in [1.165, 1.54) is 18.2 Å².